The highest BCUT2D eigenvalue weighted by Gasteiger charge is 2.08. The summed E-state index contributed by atoms with van der Waals surface area (Å²) in [7, 11) is 3.24. The molecule has 96 valence electrons. The first-order chi connectivity index (χ1) is 8.67. The van der Waals surface area contributed by atoms with E-state index >= 15 is 0 Å². The molecule has 1 rings (SSSR count). The second kappa shape index (κ2) is 7.49. The van der Waals surface area contributed by atoms with Crippen molar-refractivity contribution in [2.24, 2.45) is 0 Å². The first-order valence-electron chi connectivity index (χ1n) is 5.59. The summed E-state index contributed by atoms with van der Waals surface area (Å²) in [5.74, 6) is 5.35. The van der Waals surface area contributed by atoms with Gasteiger partial charge in [0.25, 0.3) is 0 Å². The molecule has 18 heavy (non-hydrogen) atoms. The van der Waals surface area contributed by atoms with E-state index < -0.39 is 0 Å². The van der Waals surface area contributed by atoms with Gasteiger partial charge in [0.1, 0.15) is 13.2 Å². The maximum atomic E-state index is 11.5. The van der Waals surface area contributed by atoms with E-state index in [-0.39, 0.29) is 19.1 Å². The van der Waals surface area contributed by atoms with Crippen molar-refractivity contribution in [3.8, 4) is 11.8 Å². The van der Waals surface area contributed by atoms with Gasteiger partial charge in [0.05, 0.1) is 0 Å². The molecule has 1 aromatic rings. The van der Waals surface area contributed by atoms with E-state index in [2.05, 4.69) is 11.8 Å². The quantitative estimate of drug-likeness (QED) is 0.794. The summed E-state index contributed by atoms with van der Waals surface area (Å²) < 4.78 is 4.79. The van der Waals surface area contributed by atoms with Crippen molar-refractivity contribution in [3.05, 3.63) is 35.4 Å². The number of benzene rings is 1. The molecule has 0 aliphatic carbocycles. The Morgan fingerprint density at radius 2 is 2.06 bits per heavy atom. The third-order valence-electron chi connectivity index (χ3n) is 2.38. The van der Waals surface area contributed by atoms with Gasteiger partial charge in [0.2, 0.25) is 5.91 Å². The summed E-state index contributed by atoms with van der Waals surface area (Å²) in [4.78, 5) is 13.1. The molecule has 1 aromatic carbocycles. The SMILES string of the molecule is COCC(=O)N(C)Cc1ccc(C#CCO)cc1. The molecule has 0 heterocycles. The molecule has 0 unspecified atom stereocenters. The molecular formula is C14H17NO3. The summed E-state index contributed by atoms with van der Waals surface area (Å²) in [6, 6.07) is 7.56. The van der Waals surface area contributed by atoms with E-state index in [0.29, 0.717) is 6.54 Å². The molecule has 0 spiro atoms. The van der Waals surface area contributed by atoms with Crippen LogP contribution in [0, 0.1) is 11.8 Å². The molecular weight excluding hydrogens is 230 g/mol. The molecule has 0 aliphatic rings. The summed E-state index contributed by atoms with van der Waals surface area (Å²) in [6.45, 7) is 0.489. The number of rotatable bonds is 4. The van der Waals surface area contributed by atoms with Crippen molar-refractivity contribution in [2.45, 2.75) is 6.54 Å². The van der Waals surface area contributed by atoms with Crippen LogP contribution in [0.1, 0.15) is 11.1 Å². The summed E-state index contributed by atoms with van der Waals surface area (Å²) in [5, 5.41) is 8.58. The minimum absolute atomic E-state index is 0.0540. The molecule has 0 saturated carbocycles. The number of hydrogen-bond donors (Lipinski definition) is 1. The summed E-state index contributed by atoms with van der Waals surface area (Å²) in [6.07, 6.45) is 0. The van der Waals surface area contributed by atoms with Gasteiger partial charge in [-0.3, -0.25) is 4.79 Å². The van der Waals surface area contributed by atoms with Crippen LogP contribution in [-0.4, -0.2) is 43.3 Å². The van der Waals surface area contributed by atoms with Crippen LogP contribution in [0.25, 0.3) is 0 Å². The van der Waals surface area contributed by atoms with Crippen LogP contribution < -0.4 is 0 Å². The molecule has 1 N–H and O–H groups in total. The fourth-order valence-electron chi connectivity index (χ4n) is 1.43. The monoisotopic (exact) mass is 247 g/mol. The van der Waals surface area contributed by atoms with Crippen LogP contribution in [0.4, 0.5) is 0 Å². The first-order valence-corrected chi connectivity index (χ1v) is 5.59. The number of ether oxygens (including phenoxy) is 1. The van der Waals surface area contributed by atoms with E-state index in [9.17, 15) is 4.79 Å². The van der Waals surface area contributed by atoms with Gasteiger partial charge in [0.15, 0.2) is 0 Å². The van der Waals surface area contributed by atoms with Gasteiger partial charge in [-0.2, -0.15) is 0 Å². The molecule has 0 aromatic heterocycles. The summed E-state index contributed by atoms with van der Waals surface area (Å²) >= 11 is 0. The Bertz CT molecular complexity index is 442. The number of methoxy groups -OCH3 is 1. The third-order valence-corrected chi connectivity index (χ3v) is 2.38. The number of amides is 1. The second-order valence-electron chi connectivity index (χ2n) is 3.84. The van der Waals surface area contributed by atoms with E-state index in [4.69, 9.17) is 9.84 Å². The molecule has 0 radical (unpaired) electrons. The minimum atomic E-state index is -0.143. The molecule has 0 bridgehead atoms. The van der Waals surface area contributed by atoms with Crippen molar-refractivity contribution in [1.29, 1.82) is 0 Å². The topological polar surface area (TPSA) is 49.8 Å². The highest BCUT2D eigenvalue weighted by molar-refractivity contribution is 5.77. The van der Waals surface area contributed by atoms with Crippen LogP contribution in [0.5, 0.6) is 0 Å². The van der Waals surface area contributed by atoms with Crippen molar-refractivity contribution in [3.63, 3.8) is 0 Å². The lowest BCUT2D eigenvalue weighted by Crippen LogP contribution is -2.29. The number of hydrogen-bond acceptors (Lipinski definition) is 3. The zero-order chi connectivity index (χ0) is 13.4. The van der Waals surface area contributed by atoms with Crippen molar-refractivity contribution < 1.29 is 14.6 Å². The molecule has 4 heteroatoms. The molecule has 0 atom stereocenters. The molecule has 1 amide bonds. The number of carbonyl (C=O) groups excluding carboxylic acids is 1. The number of nitrogens with zero attached hydrogens (tertiary/aromatic N) is 1. The largest absolute Gasteiger partial charge is 0.384 e. The first kappa shape index (κ1) is 14.2. The second-order valence-corrected chi connectivity index (χ2v) is 3.84. The van der Waals surface area contributed by atoms with Gasteiger partial charge in [-0.15, -0.1) is 0 Å². The maximum Gasteiger partial charge on any atom is 0.248 e. The Kier molecular flexibility index (Phi) is 5.92. The van der Waals surface area contributed by atoms with Crippen LogP contribution in [-0.2, 0) is 16.1 Å². The normalized spacial score (nSPS) is 9.50. The molecule has 4 nitrogen and oxygen atoms in total. The maximum absolute atomic E-state index is 11.5. The van der Waals surface area contributed by atoms with Gasteiger partial charge in [0, 0.05) is 26.3 Å². The van der Waals surface area contributed by atoms with E-state index in [0.717, 1.165) is 11.1 Å². The lowest BCUT2D eigenvalue weighted by atomic mass is 10.1. The molecule has 0 fully saturated rings. The van der Waals surface area contributed by atoms with Gasteiger partial charge >= 0.3 is 0 Å². The fraction of sp³-hybridized carbons (Fsp3) is 0.357. The van der Waals surface area contributed by atoms with E-state index in [1.807, 2.05) is 24.3 Å². The van der Waals surface area contributed by atoms with E-state index in [1.165, 1.54) is 7.11 Å². The Balaban J connectivity index is 2.60. The predicted octanol–water partition coefficient (Wildman–Crippen LogP) is 0.635. The average Bonchev–Trinajstić information content (AvgIpc) is 2.38. The van der Waals surface area contributed by atoms with Crippen LogP contribution >= 0.6 is 0 Å². The van der Waals surface area contributed by atoms with Gasteiger partial charge in [-0.05, 0) is 17.7 Å². The fourth-order valence-corrected chi connectivity index (χ4v) is 1.43. The smallest absolute Gasteiger partial charge is 0.248 e. The zero-order valence-electron chi connectivity index (χ0n) is 10.6. The Hall–Kier alpha value is -1.83. The number of aliphatic hydroxyl groups excluding tert-OH is 1. The standard InChI is InChI=1S/C14H17NO3/c1-15(14(17)11-18-2)10-13-7-5-12(6-8-13)4-3-9-16/h5-8,16H,9-11H2,1-2H3. The van der Waals surface area contributed by atoms with Crippen LogP contribution in [0.2, 0.25) is 0 Å². The average molecular weight is 247 g/mol. The third kappa shape index (κ3) is 4.58. The summed E-state index contributed by atoms with van der Waals surface area (Å²) in [5.41, 5.74) is 1.87. The van der Waals surface area contributed by atoms with Crippen molar-refractivity contribution >= 4 is 5.91 Å². The van der Waals surface area contributed by atoms with Crippen molar-refractivity contribution in [1.82, 2.24) is 4.90 Å². The Morgan fingerprint density at radius 3 is 2.61 bits per heavy atom. The number of aliphatic hydroxyl groups is 1. The Morgan fingerprint density at radius 1 is 1.39 bits per heavy atom. The van der Waals surface area contributed by atoms with Crippen LogP contribution in [0.15, 0.2) is 24.3 Å². The van der Waals surface area contributed by atoms with Gasteiger partial charge in [-0.1, -0.05) is 24.0 Å². The zero-order valence-corrected chi connectivity index (χ0v) is 10.6. The lowest BCUT2D eigenvalue weighted by molar-refractivity contribution is -0.134. The highest BCUT2D eigenvalue weighted by atomic mass is 16.5. The number of likely N-dealkylation sites (N-methyl/N-ethyl adjacent to an activating group) is 1. The van der Waals surface area contributed by atoms with Gasteiger partial charge in [-0.25, -0.2) is 0 Å². The molecule has 0 saturated heterocycles. The Labute approximate surface area is 107 Å². The minimum Gasteiger partial charge on any atom is -0.384 e. The highest BCUT2D eigenvalue weighted by Crippen LogP contribution is 2.06. The lowest BCUT2D eigenvalue weighted by Gasteiger charge is -2.16. The number of carbonyl (C=O) groups is 1. The van der Waals surface area contributed by atoms with Crippen LogP contribution in [0.3, 0.4) is 0 Å². The van der Waals surface area contributed by atoms with E-state index in [1.54, 1.807) is 11.9 Å². The van der Waals surface area contributed by atoms with Gasteiger partial charge < -0.3 is 14.7 Å². The predicted molar refractivity (Wildman–Crippen MR) is 68.8 cm³/mol. The molecule has 0 aliphatic heterocycles. The van der Waals surface area contributed by atoms with Crippen molar-refractivity contribution in [2.75, 3.05) is 27.4 Å².